The zero-order valence-electron chi connectivity index (χ0n) is 12.6. The van der Waals surface area contributed by atoms with Crippen LogP contribution in [0.25, 0.3) is 11.0 Å². The van der Waals surface area contributed by atoms with Gasteiger partial charge < -0.3 is 15.3 Å². The predicted octanol–water partition coefficient (Wildman–Crippen LogP) is 3.33. The lowest BCUT2D eigenvalue weighted by Crippen LogP contribution is -2.28. The molecule has 0 spiro atoms. The molecule has 0 saturated carbocycles. The molecule has 4 heteroatoms. The minimum Gasteiger partial charge on any atom is -0.310 e. The first kappa shape index (κ1) is 14.9. The normalized spacial score (nSPS) is 13.2. The van der Waals surface area contributed by atoms with Crippen LogP contribution in [0.3, 0.4) is 0 Å². The third kappa shape index (κ3) is 3.12. The number of imidazole rings is 1. The molecule has 0 bridgehead atoms. The van der Waals surface area contributed by atoms with Crippen LogP contribution in [-0.4, -0.2) is 16.5 Å². The van der Waals surface area contributed by atoms with Crippen molar-refractivity contribution in [1.82, 2.24) is 15.3 Å². The molecule has 0 aliphatic heterocycles. The number of rotatable bonds is 7. The monoisotopic (exact) mass is 275 g/mol. The molecule has 3 N–H and O–H groups in total. The number of hydrogen-bond acceptors (Lipinski definition) is 2. The second-order valence-electron chi connectivity index (χ2n) is 5.39. The smallest absolute Gasteiger partial charge is 0.310 e. The lowest BCUT2D eigenvalue weighted by molar-refractivity contribution is 0.342. The Morgan fingerprint density at radius 3 is 2.45 bits per heavy atom. The Bertz CT molecular complexity index is 595. The van der Waals surface area contributed by atoms with Gasteiger partial charge in [0, 0.05) is 6.04 Å². The number of benzene rings is 1. The van der Waals surface area contributed by atoms with Gasteiger partial charge in [-0.3, -0.25) is 0 Å². The van der Waals surface area contributed by atoms with Crippen LogP contribution in [-0.2, 0) is 0 Å². The zero-order chi connectivity index (χ0) is 14.5. The minimum absolute atomic E-state index is 0.141. The molecule has 2 rings (SSSR count). The van der Waals surface area contributed by atoms with E-state index in [0.717, 1.165) is 36.8 Å². The van der Waals surface area contributed by atoms with E-state index >= 15 is 0 Å². The zero-order valence-corrected chi connectivity index (χ0v) is 12.6. The maximum Gasteiger partial charge on any atom is 0.323 e. The van der Waals surface area contributed by atoms with Crippen LogP contribution < -0.4 is 11.0 Å². The molecule has 0 fully saturated rings. The second-order valence-corrected chi connectivity index (χ2v) is 5.39. The predicted molar refractivity (Wildman–Crippen MR) is 84.0 cm³/mol. The fourth-order valence-corrected chi connectivity index (χ4v) is 2.86. The van der Waals surface area contributed by atoms with Gasteiger partial charge in [-0.2, -0.15) is 0 Å². The molecule has 1 heterocycles. The second kappa shape index (κ2) is 6.75. The van der Waals surface area contributed by atoms with Gasteiger partial charge in [-0.25, -0.2) is 4.79 Å². The van der Waals surface area contributed by atoms with E-state index in [1.807, 2.05) is 6.07 Å². The highest BCUT2D eigenvalue weighted by Gasteiger charge is 2.20. The van der Waals surface area contributed by atoms with Crippen LogP contribution in [0.5, 0.6) is 0 Å². The number of fused-ring (bicyclic) bond motifs is 1. The summed E-state index contributed by atoms with van der Waals surface area (Å²) < 4.78 is 0. The quantitative estimate of drug-likeness (QED) is 0.726. The number of aromatic amines is 2. The molecule has 0 aliphatic rings. The number of nitrogens with one attached hydrogen (secondary N) is 3. The summed E-state index contributed by atoms with van der Waals surface area (Å²) in [6, 6.07) is 6.56. The molecule has 4 nitrogen and oxygen atoms in total. The SMILES string of the molecule is CCCNC(c1ccc2[nH]c(=O)[nH]c2c1)C(CC)CC. The van der Waals surface area contributed by atoms with Crippen LogP contribution in [0.15, 0.2) is 23.0 Å². The summed E-state index contributed by atoms with van der Waals surface area (Å²) in [5.41, 5.74) is 2.88. The number of aromatic nitrogens is 2. The topological polar surface area (TPSA) is 60.7 Å². The molecule has 1 atom stereocenters. The minimum atomic E-state index is -0.141. The van der Waals surface area contributed by atoms with Crippen molar-refractivity contribution in [1.29, 1.82) is 0 Å². The standard InChI is InChI=1S/C16H25N3O/c1-4-9-17-15(11(5-2)6-3)12-7-8-13-14(10-12)19-16(20)18-13/h7-8,10-11,15,17H,4-6,9H2,1-3H3,(H2,18,19,20). The van der Waals surface area contributed by atoms with Crippen LogP contribution >= 0.6 is 0 Å². The highest BCUT2D eigenvalue weighted by molar-refractivity contribution is 5.75. The molecular weight excluding hydrogens is 250 g/mol. The Hall–Kier alpha value is -1.55. The third-order valence-corrected chi connectivity index (χ3v) is 4.03. The Balaban J connectivity index is 2.35. The Kier molecular flexibility index (Phi) is 5.01. The van der Waals surface area contributed by atoms with Crippen molar-refractivity contribution in [3.8, 4) is 0 Å². The van der Waals surface area contributed by atoms with Crippen molar-refractivity contribution in [2.24, 2.45) is 5.92 Å². The molecule has 1 unspecified atom stereocenters. The number of H-pyrrole nitrogens is 2. The summed E-state index contributed by atoms with van der Waals surface area (Å²) in [6.45, 7) is 7.68. The molecule has 0 saturated heterocycles. The van der Waals surface area contributed by atoms with E-state index in [9.17, 15) is 4.79 Å². The van der Waals surface area contributed by atoms with Crippen molar-refractivity contribution in [3.05, 3.63) is 34.2 Å². The summed E-state index contributed by atoms with van der Waals surface area (Å²) in [7, 11) is 0. The molecule has 20 heavy (non-hydrogen) atoms. The van der Waals surface area contributed by atoms with Gasteiger partial charge in [0.15, 0.2) is 0 Å². The van der Waals surface area contributed by atoms with Crippen molar-refractivity contribution < 1.29 is 0 Å². The van der Waals surface area contributed by atoms with E-state index in [-0.39, 0.29) is 5.69 Å². The van der Waals surface area contributed by atoms with Crippen LogP contribution in [0, 0.1) is 5.92 Å². The fourth-order valence-electron chi connectivity index (χ4n) is 2.86. The molecular formula is C16H25N3O. The summed E-state index contributed by atoms with van der Waals surface area (Å²) in [6.07, 6.45) is 3.43. The van der Waals surface area contributed by atoms with Crippen LogP contribution in [0.2, 0.25) is 0 Å². The highest BCUT2D eigenvalue weighted by atomic mass is 16.1. The molecule has 110 valence electrons. The van der Waals surface area contributed by atoms with E-state index in [0.29, 0.717) is 12.0 Å². The van der Waals surface area contributed by atoms with E-state index in [1.54, 1.807) is 0 Å². The Labute approximate surface area is 120 Å². The highest BCUT2D eigenvalue weighted by Crippen LogP contribution is 2.28. The average Bonchev–Trinajstić information content (AvgIpc) is 2.82. The third-order valence-electron chi connectivity index (χ3n) is 4.03. The maximum atomic E-state index is 11.4. The van der Waals surface area contributed by atoms with Crippen molar-refractivity contribution in [3.63, 3.8) is 0 Å². The van der Waals surface area contributed by atoms with Crippen LogP contribution in [0.4, 0.5) is 0 Å². The van der Waals surface area contributed by atoms with Crippen molar-refractivity contribution >= 4 is 11.0 Å². The van der Waals surface area contributed by atoms with Gasteiger partial charge in [0.1, 0.15) is 0 Å². The molecule has 1 aromatic heterocycles. The van der Waals surface area contributed by atoms with E-state index < -0.39 is 0 Å². The molecule has 1 aromatic carbocycles. The van der Waals surface area contributed by atoms with Gasteiger partial charge in [0.25, 0.3) is 0 Å². The van der Waals surface area contributed by atoms with Gasteiger partial charge in [-0.1, -0.05) is 39.7 Å². The average molecular weight is 275 g/mol. The Morgan fingerprint density at radius 2 is 1.80 bits per heavy atom. The molecule has 2 aromatic rings. The summed E-state index contributed by atoms with van der Waals surface area (Å²) in [4.78, 5) is 17.0. The molecule has 0 aliphatic carbocycles. The van der Waals surface area contributed by atoms with E-state index in [4.69, 9.17) is 0 Å². The van der Waals surface area contributed by atoms with E-state index in [2.05, 4.69) is 48.2 Å². The van der Waals surface area contributed by atoms with E-state index in [1.165, 1.54) is 5.56 Å². The number of hydrogen-bond donors (Lipinski definition) is 3. The largest absolute Gasteiger partial charge is 0.323 e. The van der Waals surface area contributed by atoms with Gasteiger partial charge >= 0.3 is 5.69 Å². The van der Waals surface area contributed by atoms with Crippen molar-refractivity contribution in [2.45, 2.75) is 46.1 Å². The first-order chi connectivity index (χ1) is 9.69. The molecule has 0 radical (unpaired) electrons. The Morgan fingerprint density at radius 1 is 1.10 bits per heavy atom. The maximum absolute atomic E-state index is 11.4. The van der Waals surface area contributed by atoms with Gasteiger partial charge in [-0.15, -0.1) is 0 Å². The first-order valence-electron chi connectivity index (χ1n) is 7.64. The lowest BCUT2D eigenvalue weighted by Gasteiger charge is -2.27. The van der Waals surface area contributed by atoms with Gasteiger partial charge in [0.2, 0.25) is 0 Å². The lowest BCUT2D eigenvalue weighted by atomic mass is 9.88. The first-order valence-corrected chi connectivity index (χ1v) is 7.64. The summed E-state index contributed by atoms with van der Waals surface area (Å²) >= 11 is 0. The summed E-state index contributed by atoms with van der Waals surface area (Å²) in [5.74, 6) is 0.615. The van der Waals surface area contributed by atoms with Gasteiger partial charge in [0.05, 0.1) is 11.0 Å². The van der Waals surface area contributed by atoms with Crippen LogP contribution in [0.1, 0.15) is 51.6 Å². The van der Waals surface area contributed by atoms with Crippen molar-refractivity contribution in [2.75, 3.05) is 6.54 Å². The summed E-state index contributed by atoms with van der Waals surface area (Å²) in [5, 5.41) is 3.66. The molecule has 0 amide bonds. The van der Waals surface area contributed by atoms with Gasteiger partial charge in [-0.05, 0) is 36.6 Å². The fraction of sp³-hybridized carbons (Fsp3) is 0.562.